The van der Waals surface area contributed by atoms with Crippen LogP contribution < -0.4 is 0 Å². The van der Waals surface area contributed by atoms with Gasteiger partial charge in [0.2, 0.25) is 0 Å². The van der Waals surface area contributed by atoms with Gasteiger partial charge >= 0.3 is 11.9 Å². The molecule has 3 atom stereocenters. The Hall–Kier alpha value is -1.06. The van der Waals surface area contributed by atoms with Gasteiger partial charge in [-0.2, -0.15) is 0 Å². The molecule has 0 unspecified atom stereocenters. The Bertz CT molecular complexity index is 325. The topological polar surface area (TPSA) is 52.6 Å². The molecule has 2 rings (SSSR count). The van der Waals surface area contributed by atoms with Gasteiger partial charge in [-0.05, 0) is 19.3 Å². The Morgan fingerprint density at radius 1 is 1.59 bits per heavy atom. The summed E-state index contributed by atoms with van der Waals surface area (Å²) in [6, 6.07) is 0. The largest absolute Gasteiger partial charge is 0.468 e. The van der Waals surface area contributed by atoms with Crippen LogP contribution in [0.15, 0.2) is 0 Å². The zero-order valence-electron chi connectivity index (χ0n) is 10.5. The van der Waals surface area contributed by atoms with Crippen LogP contribution in [0.4, 0.5) is 0 Å². The van der Waals surface area contributed by atoms with Gasteiger partial charge in [0.25, 0.3) is 0 Å². The van der Waals surface area contributed by atoms with E-state index in [4.69, 9.17) is 9.47 Å². The van der Waals surface area contributed by atoms with Gasteiger partial charge in [0, 0.05) is 5.92 Å². The lowest BCUT2D eigenvalue weighted by Crippen LogP contribution is -2.39. The second-order valence-corrected chi connectivity index (χ2v) is 5.05. The van der Waals surface area contributed by atoms with Crippen molar-refractivity contribution in [3.8, 4) is 0 Å². The predicted molar refractivity (Wildman–Crippen MR) is 61.2 cm³/mol. The number of fused-ring (bicyclic) bond motifs is 1. The van der Waals surface area contributed by atoms with Gasteiger partial charge in [-0.3, -0.25) is 9.59 Å². The van der Waals surface area contributed by atoms with E-state index in [0.29, 0.717) is 6.42 Å². The number of rotatable bonds is 4. The molecule has 1 heterocycles. The SMILES string of the molecule is CCCC[C@H]1OC(=O)[C@]2(C(=O)OC)CCC[C@H]12. The van der Waals surface area contributed by atoms with E-state index < -0.39 is 11.4 Å². The first kappa shape index (κ1) is 12.4. The highest BCUT2D eigenvalue weighted by molar-refractivity contribution is 6.02. The Morgan fingerprint density at radius 3 is 3.00 bits per heavy atom. The molecule has 0 aromatic rings. The van der Waals surface area contributed by atoms with Crippen molar-refractivity contribution in [3.63, 3.8) is 0 Å². The van der Waals surface area contributed by atoms with Crippen molar-refractivity contribution in [1.82, 2.24) is 0 Å². The van der Waals surface area contributed by atoms with Crippen LogP contribution in [-0.2, 0) is 19.1 Å². The van der Waals surface area contributed by atoms with Crippen molar-refractivity contribution < 1.29 is 19.1 Å². The van der Waals surface area contributed by atoms with Gasteiger partial charge in [0.05, 0.1) is 7.11 Å². The molecule has 4 nitrogen and oxygen atoms in total. The van der Waals surface area contributed by atoms with E-state index in [-0.39, 0.29) is 18.0 Å². The molecule has 17 heavy (non-hydrogen) atoms. The lowest BCUT2D eigenvalue weighted by molar-refractivity contribution is -0.163. The number of carbonyl (C=O) groups is 2. The van der Waals surface area contributed by atoms with Gasteiger partial charge in [-0.1, -0.05) is 26.2 Å². The van der Waals surface area contributed by atoms with Crippen LogP contribution >= 0.6 is 0 Å². The van der Waals surface area contributed by atoms with Crippen LogP contribution in [0.3, 0.4) is 0 Å². The third-order valence-corrected chi connectivity index (χ3v) is 4.18. The number of esters is 2. The summed E-state index contributed by atoms with van der Waals surface area (Å²) in [5, 5.41) is 0. The summed E-state index contributed by atoms with van der Waals surface area (Å²) in [5.41, 5.74) is -0.979. The third-order valence-electron chi connectivity index (χ3n) is 4.18. The molecule has 1 aliphatic heterocycles. The van der Waals surface area contributed by atoms with Crippen LogP contribution in [-0.4, -0.2) is 25.2 Å². The molecule has 1 saturated heterocycles. The fourth-order valence-corrected chi connectivity index (χ4v) is 3.30. The minimum absolute atomic E-state index is 0.0361. The summed E-state index contributed by atoms with van der Waals surface area (Å²) in [4.78, 5) is 24.0. The first-order valence-corrected chi connectivity index (χ1v) is 6.46. The highest BCUT2D eigenvalue weighted by atomic mass is 16.6. The molecule has 1 saturated carbocycles. The molecular formula is C13H20O4. The van der Waals surface area contributed by atoms with E-state index in [1.165, 1.54) is 7.11 Å². The fraction of sp³-hybridized carbons (Fsp3) is 0.846. The maximum atomic E-state index is 12.0. The summed E-state index contributed by atoms with van der Waals surface area (Å²) in [5.74, 6) is -0.717. The first-order valence-electron chi connectivity index (χ1n) is 6.46. The zero-order chi connectivity index (χ0) is 12.5. The van der Waals surface area contributed by atoms with Crippen molar-refractivity contribution in [2.24, 2.45) is 11.3 Å². The molecule has 0 radical (unpaired) electrons. The first-order chi connectivity index (χ1) is 8.16. The second kappa shape index (κ2) is 4.67. The Balaban J connectivity index is 2.20. The van der Waals surface area contributed by atoms with Crippen molar-refractivity contribution in [3.05, 3.63) is 0 Å². The Kier molecular flexibility index (Phi) is 3.40. The molecule has 0 amide bonds. The summed E-state index contributed by atoms with van der Waals surface area (Å²) < 4.78 is 10.2. The fourth-order valence-electron chi connectivity index (χ4n) is 3.30. The predicted octanol–water partition coefficient (Wildman–Crippen LogP) is 2.06. The monoisotopic (exact) mass is 240 g/mol. The van der Waals surface area contributed by atoms with Crippen molar-refractivity contribution in [1.29, 1.82) is 0 Å². The van der Waals surface area contributed by atoms with Gasteiger partial charge in [0.1, 0.15) is 6.10 Å². The maximum Gasteiger partial charge on any atom is 0.324 e. The van der Waals surface area contributed by atoms with E-state index in [9.17, 15) is 9.59 Å². The zero-order valence-corrected chi connectivity index (χ0v) is 10.5. The van der Waals surface area contributed by atoms with E-state index in [0.717, 1.165) is 32.1 Å². The Labute approximate surface area is 102 Å². The highest BCUT2D eigenvalue weighted by Gasteiger charge is 2.64. The lowest BCUT2D eigenvalue weighted by Gasteiger charge is -2.22. The van der Waals surface area contributed by atoms with Gasteiger partial charge in [0.15, 0.2) is 5.41 Å². The molecule has 0 bridgehead atoms. The molecule has 0 aromatic carbocycles. The molecule has 0 aromatic heterocycles. The number of ether oxygens (including phenoxy) is 2. The number of hydrogen-bond donors (Lipinski definition) is 0. The smallest absolute Gasteiger partial charge is 0.324 e. The van der Waals surface area contributed by atoms with Gasteiger partial charge in [-0.25, -0.2) is 0 Å². The summed E-state index contributed by atoms with van der Waals surface area (Å²) in [7, 11) is 1.35. The number of hydrogen-bond acceptors (Lipinski definition) is 4. The lowest BCUT2D eigenvalue weighted by atomic mass is 9.76. The summed E-state index contributed by atoms with van der Waals surface area (Å²) in [6.45, 7) is 2.11. The van der Waals surface area contributed by atoms with Crippen LogP contribution in [0.25, 0.3) is 0 Å². The highest BCUT2D eigenvalue weighted by Crippen LogP contribution is 2.53. The molecule has 2 fully saturated rings. The van der Waals surface area contributed by atoms with E-state index in [1.54, 1.807) is 0 Å². The van der Waals surface area contributed by atoms with Crippen LogP contribution in [0, 0.1) is 11.3 Å². The number of carbonyl (C=O) groups excluding carboxylic acids is 2. The van der Waals surface area contributed by atoms with Crippen molar-refractivity contribution >= 4 is 11.9 Å². The average molecular weight is 240 g/mol. The molecule has 2 aliphatic rings. The van der Waals surface area contributed by atoms with Gasteiger partial charge < -0.3 is 9.47 Å². The standard InChI is InChI=1S/C13H20O4/c1-3-4-7-10-9-6-5-8-13(9,11(14)16-2)12(15)17-10/h9-10H,3-8H2,1-2H3/t9-,10-,13-/m1/s1. The molecule has 96 valence electrons. The Morgan fingerprint density at radius 2 is 2.35 bits per heavy atom. The van der Waals surface area contributed by atoms with Crippen LogP contribution in [0.1, 0.15) is 45.4 Å². The normalized spacial score (nSPS) is 35.5. The van der Waals surface area contributed by atoms with Crippen molar-refractivity contribution in [2.45, 2.75) is 51.6 Å². The minimum atomic E-state index is -0.979. The minimum Gasteiger partial charge on any atom is -0.468 e. The molecule has 0 spiro atoms. The van der Waals surface area contributed by atoms with Crippen LogP contribution in [0.5, 0.6) is 0 Å². The maximum absolute atomic E-state index is 12.0. The van der Waals surface area contributed by atoms with E-state index in [2.05, 4.69) is 6.92 Å². The summed E-state index contributed by atoms with van der Waals surface area (Å²) >= 11 is 0. The molecule has 4 heteroatoms. The van der Waals surface area contributed by atoms with Gasteiger partial charge in [-0.15, -0.1) is 0 Å². The number of unbranched alkanes of at least 4 members (excludes halogenated alkanes) is 1. The van der Waals surface area contributed by atoms with Crippen molar-refractivity contribution in [2.75, 3.05) is 7.11 Å². The molecular weight excluding hydrogens is 220 g/mol. The van der Waals surface area contributed by atoms with Crippen LogP contribution in [0.2, 0.25) is 0 Å². The molecule has 0 N–H and O–H groups in total. The number of cyclic esters (lactones) is 1. The number of methoxy groups -OCH3 is 1. The third kappa shape index (κ3) is 1.74. The average Bonchev–Trinajstić information content (AvgIpc) is 2.87. The van der Waals surface area contributed by atoms with E-state index >= 15 is 0 Å². The molecule has 1 aliphatic carbocycles. The van der Waals surface area contributed by atoms with E-state index in [1.807, 2.05) is 0 Å². The quantitative estimate of drug-likeness (QED) is 0.557. The second-order valence-electron chi connectivity index (χ2n) is 5.05. The summed E-state index contributed by atoms with van der Waals surface area (Å²) in [6.07, 6.45) is 5.30.